The van der Waals surface area contributed by atoms with Crippen LogP contribution in [0.25, 0.3) is 5.70 Å². The topological polar surface area (TPSA) is 58.2 Å². The number of carbonyl (C=O) groups is 2. The van der Waals surface area contributed by atoms with Crippen molar-refractivity contribution in [2.24, 2.45) is 0 Å². The zero-order chi connectivity index (χ0) is 17.9. The fourth-order valence-electron chi connectivity index (χ4n) is 3.07. The fourth-order valence-corrected chi connectivity index (χ4v) is 3.07. The van der Waals surface area contributed by atoms with Crippen molar-refractivity contribution < 1.29 is 9.59 Å². The van der Waals surface area contributed by atoms with Crippen LogP contribution in [0.3, 0.4) is 0 Å². The third-order valence-electron chi connectivity index (χ3n) is 4.21. The molecule has 1 aliphatic rings. The Morgan fingerprint density at radius 3 is 2.52 bits per heavy atom. The molecule has 0 atom stereocenters. The molecule has 0 saturated carbocycles. The van der Waals surface area contributed by atoms with Crippen LogP contribution >= 0.6 is 0 Å². The molecule has 0 aromatic heterocycles. The number of fused-ring (bicyclic) bond motifs is 1. The predicted molar refractivity (Wildman–Crippen MR) is 98.6 cm³/mol. The third-order valence-corrected chi connectivity index (χ3v) is 4.21. The molecule has 128 valence electrons. The summed E-state index contributed by atoms with van der Waals surface area (Å²) in [6.45, 7) is 4.50. The van der Waals surface area contributed by atoms with Crippen molar-refractivity contribution in [3.8, 4) is 0 Å². The summed E-state index contributed by atoms with van der Waals surface area (Å²) < 4.78 is 0. The maximum Gasteiger partial charge on any atom is 0.292 e. The van der Waals surface area contributed by atoms with Crippen LogP contribution in [-0.2, 0) is 22.6 Å². The van der Waals surface area contributed by atoms with Gasteiger partial charge in [0, 0.05) is 29.4 Å². The summed E-state index contributed by atoms with van der Waals surface area (Å²) in [7, 11) is 0. The molecule has 4 nitrogen and oxygen atoms in total. The maximum atomic E-state index is 12.3. The lowest BCUT2D eigenvalue weighted by Crippen LogP contribution is -2.44. The average Bonchev–Trinajstić information content (AvgIpc) is 2.59. The quantitative estimate of drug-likeness (QED) is 0.668. The second-order valence-corrected chi connectivity index (χ2v) is 6.93. The van der Waals surface area contributed by atoms with Crippen molar-refractivity contribution >= 4 is 17.4 Å². The van der Waals surface area contributed by atoms with Crippen LogP contribution in [0.4, 0.5) is 0 Å². The highest BCUT2D eigenvalue weighted by Crippen LogP contribution is 2.29. The van der Waals surface area contributed by atoms with Crippen molar-refractivity contribution in [2.75, 3.05) is 0 Å². The van der Waals surface area contributed by atoms with Gasteiger partial charge in [-0.3, -0.25) is 9.59 Å². The molecule has 0 unspecified atom stereocenters. The summed E-state index contributed by atoms with van der Waals surface area (Å²) in [6.07, 6.45) is 2.27. The van der Waals surface area contributed by atoms with Gasteiger partial charge in [-0.05, 0) is 31.4 Å². The first-order valence-electron chi connectivity index (χ1n) is 8.39. The lowest BCUT2D eigenvalue weighted by atomic mass is 9.85. The van der Waals surface area contributed by atoms with Crippen LogP contribution in [0.15, 0.2) is 60.7 Å². The summed E-state index contributed by atoms with van der Waals surface area (Å²) >= 11 is 0. The Bertz CT molecular complexity index is 823. The second kappa shape index (κ2) is 6.93. The number of carbonyl (C=O) groups excluding carboxylic acids is 2. The summed E-state index contributed by atoms with van der Waals surface area (Å²) in [4.78, 5) is 24.5. The predicted octanol–water partition coefficient (Wildman–Crippen LogP) is 2.84. The second-order valence-electron chi connectivity index (χ2n) is 6.93. The highest BCUT2D eigenvalue weighted by atomic mass is 16.2. The van der Waals surface area contributed by atoms with Crippen LogP contribution in [0.2, 0.25) is 0 Å². The molecule has 2 N–H and O–H groups in total. The van der Waals surface area contributed by atoms with Crippen LogP contribution in [0.1, 0.15) is 30.5 Å². The Hall–Kier alpha value is -2.88. The Morgan fingerprint density at radius 1 is 1.08 bits per heavy atom. The molecule has 0 radical (unpaired) electrons. The minimum Gasteiger partial charge on any atom is -0.379 e. The molecular weight excluding hydrogens is 312 g/mol. The van der Waals surface area contributed by atoms with E-state index in [-0.39, 0.29) is 5.54 Å². The van der Waals surface area contributed by atoms with Gasteiger partial charge in [-0.1, -0.05) is 54.6 Å². The standard InChI is InChI=1S/C21H22N2O2/c1-21(2)13-16-10-6-7-11-17(16)18(23-21)12-19(24)20(25)22-14-15-8-4-3-5-9-15/h3-12,23H,13-14H2,1-2H3,(H,22,25). The van der Waals surface area contributed by atoms with Crippen molar-refractivity contribution in [1.29, 1.82) is 0 Å². The molecule has 1 amide bonds. The van der Waals surface area contributed by atoms with Crippen molar-refractivity contribution in [3.05, 3.63) is 77.4 Å². The monoisotopic (exact) mass is 334 g/mol. The molecule has 0 bridgehead atoms. The molecule has 0 spiro atoms. The van der Waals surface area contributed by atoms with Crippen LogP contribution < -0.4 is 10.6 Å². The van der Waals surface area contributed by atoms with Gasteiger partial charge in [0.1, 0.15) is 0 Å². The lowest BCUT2D eigenvalue weighted by molar-refractivity contribution is -0.135. The average molecular weight is 334 g/mol. The number of ketones is 1. The van der Waals surface area contributed by atoms with Gasteiger partial charge in [0.25, 0.3) is 5.91 Å². The molecule has 0 saturated heterocycles. The van der Waals surface area contributed by atoms with E-state index in [0.29, 0.717) is 12.2 Å². The Balaban J connectivity index is 1.75. The van der Waals surface area contributed by atoms with E-state index in [4.69, 9.17) is 0 Å². The minimum atomic E-state index is -0.598. The van der Waals surface area contributed by atoms with Gasteiger partial charge >= 0.3 is 0 Å². The Labute approximate surface area is 148 Å². The zero-order valence-corrected chi connectivity index (χ0v) is 14.5. The third kappa shape index (κ3) is 4.15. The van der Waals surface area contributed by atoms with Crippen LogP contribution in [0, 0.1) is 0 Å². The number of nitrogens with one attached hydrogen (secondary N) is 2. The summed E-state index contributed by atoms with van der Waals surface area (Å²) in [6, 6.07) is 17.5. The van der Waals surface area contributed by atoms with Gasteiger partial charge in [0.2, 0.25) is 5.78 Å². The van der Waals surface area contributed by atoms with E-state index in [2.05, 4.69) is 30.5 Å². The van der Waals surface area contributed by atoms with Crippen LogP contribution in [0.5, 0.6) is 0 Å². The van der Waals surface area contributed by atoms with E-state index in [9.17, 15) is 9.59 Å². The van der Waals surface area contributed by atoms with Crippen molar-refractivity contribution in [2.45, 2.75) is 32.4 Å². The number of hydrogen-bond acceptors (Lipinski definition) is 3. The normalized spacial score (nSPS) is 16.6. The molecule has 25 heavy (non-hydrogen) atoms. The van der Waals surface area contributed by atoms with E-state index in [1.165, 1.54) is 11.6 Å². The molecule has 2 aromatic rings. The first-order valence-corrected chi connectivity index (χ1v) is 8.39. The molecule has 2 aromatic carbocycles. The van der Waals surface area contributed by atoms with Crippen molar-refractivity contribution in [1.82, 2.24) is 10.6 Å². The van der Waals surface area contributed by atoms with E-state index in [1.54, 1.807) is 0 Å². The maximum absolute atomic E-state index is 12.3. The summed E-state index contributed by atoms with van der Waals surface area (Å²) in [5, 5.41) is 6.04. The molecule has 1 heterocycles. The highest BCUT2D eigenvalue weighted by Gasteiger charge is 2.28. The van der Waals surface area contributed by atoms with Gasteiger partial charge < -0.3 is 10.6 Å². The van der Waals surface area contributed by atoms with Gasteiger partial charge in [0.05, 0.1) is 0 Å². The van der Waals surface area contributed by atoms with E-state index in [0.717, 1.165) is 17.5 Å². The Morgan fingerprint density at radius 2 is 1.76 bits per heavy atom. The Kier molecular flexibility index (Phi) is 4.70. The lowest BCUT2D eigenvalue weighted by Gasteiger charge is -2.35. The van der Waals surface area contributed by atoms with E-state index < -0.39 is 11.7 Å². The molecule has 0 fully saturated rings. The molecule has 4 heteroatoms. The van der Waals surface area contributed by atoms with Gasteiger partial charge in [0.15, 0.2) is 0 Å². The van der Waals surface area contributed by atoms with E-state index >= 15 is 0 Å². The fraction of sp³-hybridized carbons (Fsp3) is 0.238. The number of hydrogen-bond donors (Lipinski definition) is 2. The first kappa shape index (κ1) is 17.0. The SMILES string of the molecule is CC1(C)Cc2ccccc2C(=CC(=O)C(=O)NCc2ccccc2)N1. The number of rotatable bonds is 4. The van der Waals surface area contributed by atoms with E-state index in [1.807, 2.05) is 48.5 Å². The zero-order valence-electron chi connectivity index (χ0n) is 14.5. The number of benzene rings is 2. The highest BCUT2D eigenvalue weighted by molar-refractivity contribution is 6.41. The van der Waals surface area contributed by atoms with Crippen LogP contribution in [-0.4, -0.2) is 17.2 Å². The largest absolute Gasteiger partial charge is 0.379 e. The first-order chi connectivity index (χ1) is 11.9. The van der Waals surface area contributed by atoms with Gasteiger partial charge in [-0.25, -0.2) is 0 Å². The summed E-state index contributed by atoms with van der Waals surface area (Å²) in [5.41, 5.74) is 3.65. The smallest absolute Gasteiger partial charge is 0.292 e. The van der Waals surface area contributed by atoms with Crippen molar-refractivity contribution in [3.63, 3.8) is 0 Å². The van der Waals surface area contributed by atoms with Gasteiger partial charge in [-0.2, -0.15) is 0 Å². The molecule has 0 aliphatic carbocycles. The van der Waals surface area contributed by atoms with Gasteiger partial charge in [-0.15, -0.1) is 0 Å². The summed E-state index contributed by atoms with van der Waals surface area (Å²) in [5.74, 6) is -1.15. The minimum absolute atomic E-state index is 0.166. The molecule has 1 aliphatic heterocycles. The molecular formula is C21H22N2O2. The molecule has 3 rings (SSSR count). The number of amides is 1.